The van der Waals surface area contributed by atoms with E-state index in [1.807, 2.05) is 12.1 Å². The van der Waals surface area contributed by atoms with Gasteiger partial charge < -0.3 is 10.6 Å². The van der Waals surface area contributed by atoms with Crippen molar-refractivity contribution in [2.24, 2.45) is 0 Å². The Balaban J connectivity index is 1.81. The van der Waals surface area contributed by atoms with Crippen LogP contribution in [0.3, 0.4) is 0 Å². The van der Waals surface area contributed by atoms with Gasteiger partial charge in [-0.2, -0.15) is 0 Å². The average molecular weight is 253 g/mol. The zero-order valence-electron chi connectivity index (χ0n) is 9.92. The Hall–Kier alpha value is -1.06. The molecule has 3 nitrogen and oxygen atoms in total. The summed E-state index contributed by atoms with van der Waals surface area (Å²) in [6, 6.07) is 7.17. The van der Waals surface area contributed by atoms with E-state index in [0.717, 1.165) is 18.5 Å². The SMILES string of the molecule is CC1(NCC(=O)Nc2cccc(Cl)c2)CCC1. The molecule has 1 saturated carbocycles. The lowest BCUT2D eigenvalue weighted by Crippen LogP contribution is -2.50. The molecular weight excluding hydrogens is 236 g/mol. The Labute approximate surface area is 107 Å². The molecule has 0 aromatic heterocycles. The summed E-state index contributed by atoms with van der Waals surface area (Å²) in [5.41, 5.74) is 0.897. The van der Waals surface area contributed by atoms with Gasteiger partial charge in [0.15, 0.2) is 0 Å². The minimum Gasteiger partial charge on any atom is -0.325 e. The fraction of sp³-hybridized carbons (Fsp3) is 0.462. The number of amides is 1. The molecule has 92 valence electrons. The van der Waals surface area contributed by atoms with Crippen molar-refractivity contribution < 1.29 is 4.79 Å². The first-order valence-electron chi connectivity index (χ1n) is 5.88. The van der Waals surface area contributed by atoms with Gasteiger partial charge in [-0.25, -0.2) is 0 Å². The smallest absolute Gasteiger partial charge is 0.238 e. The first-order chi connectivity index (χ1) is 8.07. The molecule has 0 atom stereocenters. The summed E-state index contributed by atoms with van der Waals surface area (Å²) in [5, 5.41) is 6.73. The number of carbonyl (C=O) groups is 1. The van der Waals surface area contributed by atoms with Crippen LogP contribution in [0.5, 0.6) is 0 Å². The molecule has 0 radical (unpaired) electrons. The second kappa shape index (κ2) is 5.07. The quantitative estimate of drug-likeness (QED) is 0.865. The van der Waals surface area contributed by atoms with Gasteiger partial charge in [-0.05, 0) is 44.4 Å². The van der Waals surface area contributed by atoms with E-state index in [0.29, 0.717) is 11.6 Å². The highest BCUT2D eigenvalue weighted by Gasteiger charge is 2.31. The largest absolute Gasteiger partial charge is 0.325 e. The predicted octanol–water partition coefficient (Wildman–Crippen LogP) is 2.81. The molecule has 1 amide bonds. The van der Waals surface area contributed by atoms with Crippen molar-refractivity contribution >= 4 is 23.2 Å². The van der Waals surface area contributed by atoms with Crippen molar-refractivity contribution in [3.8, 4) is 0 Å². The van der Waals surface area contributed by atoms with Crippen LogP contribution in [0.25, 0.3) is 0 Å². The second-order valence-electron chi connectivity index (χ2n) is 4.83. The van der Waals surface area contributed by atoms with Gasteiger partial charge in [0.25, 0.3) is 0 Å². The van der Waals surface area contributed by atoms with Crippen molar-refractivity contribution in [3.63, 3.8) is 0 Å². The van der Waals surface area contributed by atoms with E-state index in [2.05, 4.69) is 17.6 Å². The van der Waals surface area contributed by atoms with E-state index in [1.165, 1.54) is 6.42 Å². The van der Waals surface area contributed by atoms with E-state index >= 15 is 0 Å². The van der Waals surface area contributed by atoms with Crippen LogP contribution >= 0.6 is 11.6 Å². The highest BCUT2D eigenvalue weighted by molar-refractivity contribution is 6.30. The van der Waals surface area contributed by atoms with E-state index < -0.39 is 0 Å². The van der Waals surface area contributed by atoms with Crippen molar-refractivity contribution in [2.45, 2.75) is 31.7 Å². The Bertz CT molecular complexity index is 416. The van der Waals surface area contributed by atoms with Gasteiger partial charge >= 0.3 is 0 Å². The minimum atomic E-state index is -0.0274. The molecule has 0 heterocycles. The Morgan fingerprint density at radius 3 is 2.82 bits per heavy atom. The Morgan fingerprint density at radius 2 is 2.24 bits per heavy atom. The van der Waals surface area contributed by atoms with Gasteiger partial charge in [0.05, 0.1) is 6.54 Å². The van der Waals surface area contributed by atoms with Crippen molar-refractivity contribution in [3.05, 3.63) is 29.3 Å². The number of hydrogen-bond acceptors (Lipinski definition) is 2. The summed E-state index contributed by atoms with van der Waals surface area (Å²) >= 11 is 5.84. The number of rotatable bonds is 4. The molecule has 17 heavy (non-hydrogen) atoms. The molecule has 1 aliphatic carbocycles. The molecule has 0 saturated heterocycles. The number of carbonyl (C=O) groups excluding carboxylic acids is 1. The van der Waals surface area contributed by atoms with Crippen LogP contribution in [0.4, 0.5) is 5.69 Å². The second-order valence-corrected chi connectivity index (χ2v) is 5.26. The van der Waals surface area contributed by atoms with Gasteiger partial charge in [0.1, 0.15) is 0 Å². The molecule has 0 unspecified atom stereocenters. The monoisotopic (exact) mass is 252 g/mol. The summed E-state index contributed by atoms with van der Waals surface area (Å²) in [5.74, 6) is -0.0274. The maximum Gasteiger partial charge on any atom is 0.238 e. The third-order valence-corrected chi connectivity index (χ3v) is 3.48. The molecule has 1 aliphatic rings. The van der Waals surface area contributed by atoms with E-state index in [9.17, 15) is 4.79 Å². The van der Waals surface area contributed by atoms with Gasteiger partial charge in [-0.15, -0.1) is 0 Å². The number of benzene rings is 1. The fourth-order valence-electron chi connectivity index (χ4n) is 1.95. The summed E-state index contributed by atoms with van der Waals surface area (Å²) in [7, 11) is 0. The highest BCUT2D eigenvalue weighted by atomic mass is 35.5. The molecular formula is C13H17ClN2O. The molecule has 1 aromatic rings. The van der Waals surface area contributed by atoms with Crippen molar-refractivity contribution in [2.75, 3.05) is 11.9 Å². The normalized spacial score (nSPS) is 17.3. The standard InChI is InChI=1S/C13H17ClN2O/c1-13(6-3-7-13)15-9-12(17)16-11-5-2-4-10(14)8-11/h2,4-5,8,15H,3,6-7,9H2,1H3,(H,16,17). The van der Waals surface area contributed by atoms with Crippen LogP contribution in [-0.2, 0) is 4.79 Å². The number of halogens is 1. The predicted molar refractivity (Wildman–Crippen MR) is 70.3 cm³/mol. The summed E-state index contributed by atoms with van der Waals surface area (Å²) in [6.07, 6.45) is 3.55. The molecule has 1 fully saturated rings. The number of hydrogen-bond donors (Lipinski definition) is 2. The van der Waals surface area contributed by atoms with Crippen LogP contribution in [0, 0.1) is 0 Å². The average Bonchev–Trinajstić information content (AvgIpc) is 2.24. The number of nitrogens with one attached hydrogen (secondary N) is 2. The van der Waals surface area contributed by atoms with E-state index in [1.54, 1.807) is 12.1 Å². The van der Waals surface area contributed by atoms with Gasteiger partial charge in [0, 0.05) is 16.2 Å². The van der Waals surface area contributed by atoms with Crippen LogP contribution < -0.4 is 10.6 Å². The molecule has 4 heteroatoms. The third-order valence-electron chi connectivity index (χ3n) is 3.24. The zero-order chi connectivity index (χ0) is 12.3. The first kappa shape index (κ1) is 12.4. The first-order valence-corrected chi connectivity index (χ1v) is 6.26. The van der Waals surface area contributed by atoms with Crippen molar-refractivity contribution in [1.29, 1.82) is 0 Å². The maximum atomic E-state index is 11.7. The third kappa shape index (κ3) is 3.45. The van der Waals surface area contributed by atoms with Gasteiger partial charge in [-0.1, -0.05) is 17.7 Å². The Kier molecular flexibility index (Phi) is 3.69. The van der Waals surface area contributed by atoms with Crippen molar-refractivity contribution in [1.82, 2.24) is 5.32 Å². The van der Waals surface area contributed by atoms with Crippen LogP contribution in [0.2, 0.25) is 5.02 Å². The van der Waals surface area contributed by atoms with Crippen LogP contribution in [0.15, 0.2) is 24.3 Å². The lowest BCUT2D eigenvalue weighted by molar-refractivity contribution is -0.115. The van der Waals surface area contributed by atoms with Gasteiger partial charge in [-0.3, -0.25) is 4.79 Å². The minimum absolute atomic E-state index is 0.0274. The van der Waals surface area contributed by atoms with Gasteiger partial charge in [0.2, 0.25) is 5.91 Å². The lowest BCUT2D eigenvalue weighted by atomic mass is 9.78. The Morgan fingerprint density at radius 1 is 1.47 bits per heavy atom. The van der Waals surface area contributed by atoms with E-state index in [-0.39, 0.29) is 11.4 Å². The molecule has 2 N–H and O–H groups in total. The zero-order valence-corrected chi connectivity index (χ0v) is 10.7. The molecule has 0 aliphatic heterocycles. The molecule has 0 bridgehead atoms. The molecule has 2 rings (SSSR count). The van der Waals surface area contributed by atoms with E-state index in [4.69, 9.17) is 11.6 Å². The fourth-order valence-corrected chi connectivity index (χ4v) is 2.14. The molecule has 1 aromatic carbocycles. The summed E-state index contributed by atoms with van der Waals surface area (Å²) in [4.78, 5) is 11.7. The van der Waals surface area contributed by atoms with Crippen LogP contribution in [-0.4, -0.2) is 18.0 Å². The summed E-state index contributed by atoms with van der Waals surface area (Å²) in [6.45, 7) is 2.51. The topological polar surface area (TPSA) is 41.1 Å². The van der Waals surface area contributed by atoms with Crippen LogP contribution in [0.1, 0.15) is 26.2 Å². The number of anilines is 1. The molecule has 0 spiro atoms. The maximum absolute atomic E-state index is 11.7. The lowest BCUT2D eigenvalue weighted by Gasteiger charge is -2.39. The highest BCUT2D eigenvalue weighted by Crippen LogP contribution is 2.30. The summed E-state index contributed by atoms with van der Waals surface area (Å²) < 4.78 is 0.